The summed E-state index contributed by atoms with van der Waals surface area (Å²) in [6.07, 6.45) is 3.45. The summed E-state index contributed by atoms with van der Waals surface area (Å²) in [6, 6.07) is 8.14. The average Bonchev–Trinajstić information content (AvgIpc) is 2.89. The molecule has 2 aromatic rings. The zero-order chi connectivity index (χ0) is 13.1. The third kappa shape index (κ3) is 3.04. The maximum atomic E-state index is 4.63. The molecule has 0 saturated carbocycles. The van der Waals surface area contributed by atoms with Gasteiger partial charge in [-0.3, -0.25) is 4.99 Å². The highest BCUT2D eigenvalue weighted by Crippen LogP contribution is 2.30. The molecule has 0 saturated heterocycles. The highest BCUT2D eigenvalue weighted by atomic mass is 79.9. The van der Waals surface area contributed by atoms with Crippen LogP contribution in [0.25, 0.3) is 11.3 Å². The zero-order valence-electron chi connectivity index (χ0n) is 10.4. The van der Waals surface area contributed by atoms with Gasteiger partial charge in [0.25, 0.3) is 0 Å². The van der Waals surface area contributed by atoms with Crippen LogP contribution in [-0.2, 0) is 0 Å². The quantitative estimate of drug-likeness (QED) is 0.872. The summed E-state index contributed by atoms with van der Waals surface area (Å²) < 4.78 is 1.07. The molecule has 2 heterocycles. The first-order valence-electron chi connectivity index (χ1n) is 6.34. The van der Waals surface area contributed by atoms with Gasteiger partial charge in [0, 0.05) is 28.4 Å². The number of anilines is 1. The molecule has 0 unspecified atom stereocenters. The summed E-state index contributed by atoms with van der Waals surface area (Å²) in [4.78, 5) is 9.12. The highest BCUT2D eigenvalue weighted by Gasteiger charge is 2.10. The van der Waals surface area contributed by atoms with E-state index in [2.05, 4.69) is 42.7 Å². The van der Waals surface area contributed by atoms with Crippen LogP contribution < -0.4 is 5.32 Å². The lowest BCUT2D eigenvalue weighted by Gasteiger charge is -2.11. The lowest BCUT2D eigenvalue weighted by atomic mass is 10.2. The van der Waals surface area contributed by atoms with Gasteiger partial charge in [0.15, 0.2) is 5.13 Å². The number of halogens is 1. The summed E-state index contributed by atoms with van der Waals surface area (Å²) in [5.74, 6) is 1.07. The van der Waals surface area contributed by atoms with Crippen molar-refractivity contribution in [1.29, 1.82) is 0 Å². The first kappa shape index (κ1) is 12.8. The number of hydrogen-bond acceptors (Lipinski definition) is 4. The largest absolute Gasteiger partial charge is 0.320 e. The fourth-order valence-electron chi connectivity index (χ4n) is 2.05. The van der Waals surface area contributed by atoms with E-state index >= 15 is 0 Å². The van der Waals surface area contributed by atoms with Crippen LogP contribution in [0.2, 0.25) is 0 Å². The normalized spacial score (nSPS) is 15.1. The predicted molar refractivity (Wildman–Crippen MR) is 85.0 cm³/mol. The summed E-state index contributed by atoms with van der Waals surface area (Å²) in [5.41, 5.74) is 2.12. The molecule has 0 atom stereocenters. The first-order valence-corrected chi connectivity index (χ1v) is 8.01. The molecule has 1 aliphatic rings. The number of aliphatic imine (C=N–C) groups is 1. The first-order chi connectivity index (χ1) is 9.33. The van der Waals surface area contributed by atoms with Gasteiger partial charge in [-0.05, 0) is 18.9 Å². The van der Waals surface area contributed by atoms with E-state index in [1.807, 2.05) is 18.2 Å². The van der Waals surface area contributed by atoms with E-state index < -0.39 is 0 Å². The van der Waals surface area contributed by atoms with Crippen LogP contribution in [0, 0.1) is 0 Å². The van der Waals surface area contributed by atoms with Crippen molar-refractivity contribution in [3.8, 4) is 11.3 Å². The van der Waals surface area contributed by atoms with Gasteiger partial charge in [-0.2, -0.15) is 0 Å². The van der Waals surface area contributed by atoms with Crippen molar-refractivity contribution in [2.45, 2.75) is 19.3 Å². The Morgan fingerprint density at radius 1 is 1.21 bits per heavy atom. The van der Waals surface area contributed by atoms with Crippen molar-refractivity contribution in [1.82, 2.24) is 4.98 Å². The van der Waals surface area contributed by atoms with E-state index in [0.29, 0.717) is 0 Å². The van der Waals surface area contributed by atoms with Gasteiger partial charge in [-0.15, -0.1) is 11.3 Å². The molecule has 0 aliphatic carbocycles. The number of rotatable bonds is 2. The SMILES string of the molecule is Brc1ccccc1-c1csc(NC2=NCCCC2)n1. The van der Waals surface area contributed by atoms with Gasteiger partial charge < -0.3 is 5.32 Å². The number of nitrogens with zero attached hydrogens (tertiary/aromatic N) is 2. The molecule has 3 rings (SSSR count). The Labute approximate surface area is 124 Å². The van der Waals surface area contributed by atoms with Crippen LogP contribution >= 0.6 is 27.3 Å². The molecule has 98 valence electrons. The van der Waals surface area contributed by atoms with Crippen LogP contribution in [-0.4, -0.2) is 17.4 Å². The van der Waals surface area contributed by atoms with Crippen molar-refractivity contribution in [3.63, 3.8) is 0 Å². The molecule has 0 bridgehead atoms. The molecule has 0 fully saturated rings. The van der Waals surface area contributed by atoms with Crippen LogP contribution in [0.4, 0.5) is 5.13 Å². The van der Waals surface area contributed by atoms with Crippen LogP contribution in [0.5, 0.6) is 0 Å². The predicted octanol–water partition coefficient (Wildman–Crippen LogP) is 4.57. The third-order valence-corrected chi connectivity index (χ3v) is 4.48. The summed E-state index contributed by atoms with van der Waals surface area (Å²) in [6.45, 7) is 0.935. The van der Waals surface area contributed by atoms with E-state index in [-0.39, 0.29) is 0 Å². The second kappa shape index (κ2) is 5.84. The fraction of sp³-hybridized carbons (Fsp3) is 0.286. The summed E-state index contributed by atoms with van der Waals surface area (Å²) in [7, 11) is 0. The molecule has 1 aliphatic heterocycles. The number of aromatic nitrogens is 1. The van der Waals surface area contributed by atoms with Crippen molar-refractivity contribution in [2.24, 2.45) is 4.99 Å². The second-order valence-electron chi connectivity index (χ2n) is 4.43. The molecule has 1 aromatic carbocycles. The van der Waals surface area contributed by atoms with Gasteiger partial charge in [0.05, 0.1) is 5.69 Å². The van der Waals surface area contributed by atoms with Crippen molar-refractivity contribution >= 4 is 38.2 Å². The van der Waals surface area contributed by atoms with Crippen molar-refractivity contribution < 1.29 is 0 Å². The minimum atomic E-state index is 0.923. The Balaban J connectivity index is 1.80. The van der Waals surface area contributed by atoms with Gasteiger partial charge in [-0.1, -0.05) is 34.1 Å². The van der Waals surface area contributed by atoms with Crippen molar-refractivity contribution in [2.75, 3.05) is 11.9 Å². The molecular weight excluding hydrogens is 322 g/mol. The molecular formula is C14H14BrN3S. The number of thiazole rings is 1. The van der Waals surface area contributed by atoms with E-state index in [0.717, 1.165) is 39.7 Å². The minimum absolute atomic E-state index is 0.923. The minimum Gasteiger partial charge on any atom is -0.320 e. The van der Waals surface area contributed by atoms with Gasteiger partial charge in [-0.25, -0.2) is 4.98 Å². The van der Waals surface area contributed by atoms with Crippen LogP contribution in [0.15, 0.2) is 39.1 Å². The van der Waals surface area contributed by atoms with Gasteiger partial charge in [0.1, 0.15) is 5.84 Å². The summed E-state index contributed by atoms with van der Waals surface area (Å²) in [5, 5.41) is 6.33. The van der Waals surface area contributed by atoms with Crippen LogP contribution in [0.3, 0.4) is 0 Å². The topological polar surface area (TPSA) is 37.3 Å². The molecule has 0 radical (unpaired) electrons. The lowest BCUT2D eigenvalue weighted by Crippen LogP contribution is -2.15. The second-order valence-corrected chi connectivity index (χ2v) is 6.14. The molecule has 0 amide bonds. The van der Waals surface area contributed by atoms with Crippen molar-refractivity contribution in [3.05, 3.63) is 34.1 Å². The monoisotopic (exact) mass is 335 g/mol. The Kier molecular flexibility index (Phi) is 3.94. The maximum Gasteiger partial charge on any atom is 0.188 e. The summed E-state index contributed by atoms with van der Waals surface area (Å²) >= 11 is 5.18. The van der Waals surface area contributed by atoms with Gasteiger partial charge >= 0.3 is 0 Å². The molecule has 0 spiro atoms. The zero-order valence-corrected chi connectivity index (χ0v) is 12.8. The lowest BCUT2D eigenvalue weighted by molar-refractivity contribution is 0.737. The number of amidine groups is 1. The number of nitrogens with one attached hydrogen (secondary N) is 1. The number of benzene rings is 1. The van der Waals surface area contributed by atoms with E-state index in [1.165, 1.54) is 12.8 Å². The smallest absolute Gasteiger partial charge is 0.188 e. The van der Waals surface area contributed by atoms with Gasteiger partial charge in [0.2, 0.25) is 0 Å². The Bertz CT molecular complexity index is 606. The molecule has 1 N–H and O–H groups in total. The standard InChI is InChI=1S/C14H14BrN3S/c15-11-6-2-1-5-10(11)12-9-19-14(17-12)18-13-7-3-4-8-16-13/h1-2,5-6,9H,3-4,7-8H2,(H,16,17,18). The van der Waals surface area contributed by atoms with E-state index in [1.54, 1.807) is 11.3 Å². The highest BCUT2D eigenvalue weighted by molar-refractivity contribution is 9.10. The molecule has 3 nitrogen and oxygen atoms in total. The Hall–Kier alpha value is -1.20. The van der Waals surface area contributed by atoms with E-state index in [4.69, 9.17) is 0 Å². The third-order valence-electron chi connectivity index (χ3n) is 3.03. The van der Waals surface area contributed by atoms with Crippen LogP contribution in [0.1, 0.15) is 19.3 Å². The average molecular weight is 336 g/mol. The Morgan fingerprint density at radius 2 is 2.11 bits per heavy atom. The number of hydrogen-bond donors (Lipinski definition) is 1. The molecule has 5 heteroatoms. The van der Waals surface area contributed by atoms with E-state index in [9.17, 15) is 0 Å². The molecule has 19 heavy (non-hydrogen) atoms. The maximum absolute atomic E-state index is 4.63. The molecule has 1 aromatic heterocycles. The Morgan fingerprint density at radius 3 is 2.89 bits per heavy atom. The fourth-order valence-corrected chi connectivity index (χ4v) is 3.27.